The second-order valence-corrected chi connectivity index (χ2v) is 5.07. The van der Waals surface area contributed by atoms with E-state index in [1.165, 1.54) is 23.0 Å². The van der Waals surface area contributed by atoms with E-state index in [1.54, 1.807) is 6.07 Å². The zero-order valence-corrected chi connectivity index (χ0v) is 12.0. The molecule has 3 rings (SSSR count). The Morgan fingerprint density at radius 1 is 1.45 bits per heavy atom. The number of aromatic nitrogens is 3. The van der Waals surface area contributed by atoms with Crippen molar-refractivity contribution >= 4 is 27.8 Å². The minimum atomic E-state index is -0.390. The molecule has 0 saturated heterocycles. The Hall–Kier alpha value is -2.70. The Labute approximate surface area is 125 Å². The molecule has 0 aliphatic heterocycles. The van der Waals surface area contributed by atoms with Gasteiger partial charge in [-0.1, -0.05) is 6.92 Å². The fourth-order valence-electron chi connectivity index (χ4n) is 2.35. The van der Waals surface area contributed by atoms with Gasteiger partial charge in [-0.2, -0.15) is 0 Å². The number of benzene rings is 1. The second kappa shape index (κ2) is 5.59. The molecule has 6 nitrogen and oxygen atoms in total. The Bertz CT molecular complexity index is 913. The monoisotopic (exact) mass is 302 g/mol. The number of carbonyl (C=O) groups is 1. The zero-order valence-electron chi connectivity index (χ0n) is 12.0. The summed E-state index contributed by atoms with van der Waals surface area (Å²) in [6.45, 7) is 2.42. The number of halogens is 1. The van der Waals surface area contributed by atoms with Gasteiger partial charge in [-0.05, 0) is 24.6 Å². The van der Waals surface area contributed by atoms with Gasteiger partial charge in [0, 0.05) is 17.4 Å². The fraction of sp³-hybridized carbons (Fsp3) is 0.267. The lowest BCUT2D eigenvalue weighted by atomic mass is 10.2. The van der Waals surface area contributed by atoms with Crippen LogP contribution < -0.4 is 10.9 Å². The van der Waals surface area contributed by atoms with Crippen LogP contribution >= 0.6 is 0 Å². The number of nitrogens with zero attached hydrogens (tertiary/aromatic N) is 2. The van der Waals surface area contributed by atoms with Crippen molar-refractivity contribution in [1.29, 1.82) is 0 Å². The molecular formula is C15H15FN4O2. The van der Waals surface area contributed by atoms with Crippen LogP contribution in [-0.2, 0) is 11.3 Å². The van der Waals surface area contributed by atoms with Crippen LogP contribution in [0.3, 0.4) is 0 Å². The molecule has 0 aliphatic rings. The highest BCUT2D eigenvalue weighted by atomic mass is 19.1. The second-order valence-electron chi connectivity index (χ2n) is 5.07. The van der Waals surface area contributed by atoms with E-state index in [-0.39, 0.29) is 23.5 Å². The summed E-state index contributed by atoms with van der Waals surface area (Å²) in [5.74, 6) is -0.634. The normalized spacial score (nSPS) is 11.2. The summed E-state index contributed by atoms with van der Waals surface area (Å²) in [5, 5.41) is 3.25. The number of carbonyl (C=O) groups excluding carboxylic acids is 1. The molecule has 0 unspecified atom stereocenters. The summed E-state index contributed by atoms with van der Waals surface area (Å²) in [6, 6.07) is 4.21. The molecule has 22 heavy (non-hydrogen) atoms. The molecule has 114 valence electrons. The zero-order chi connectivity index (χ0) is 15.7. The Morgan fingerprint density at radius 2 is 2.27 bits per heavy atom. The van der Waals surface area contributed by atoms with Crippen LogP contribution in [0.4, 0.5) is 4.39 Å². The molecule has 2 N–H and O–H groups in total. The van der Waals surface area contributed by atoms with Gasteiger partial charge < -0.3 is 10.3 Å². The van der Waals surface area contributed by atoms with Crippen LogP contribution in [0, 0.1) is 5.82 Å². The summed E-state index contributed by atoms with van der Waals surface area (Å²) < 4.78 is 14.6. The minimum Gasteiger partial charge on any atom is -0.355 e. The summed E-state index contributed by atoms with van der Waals surface area (Å²) in [7, 11) is 0. The Morgan fingerprint density at radius 3 is 3.05 bits per heavy atom. The number of nitrogens with one attached hydrogen (secondary N) is 2. The van der Waals surface area contributed by atoms with Crippen molar-refractivity contribution in [2.24, 2.45) is 0 Å². The molecule has 0 atom stereocenters. The maximum atomic E-state index is 13.3. The lowest BCUT2D eigenvalue weighted by molar-refractivity contribution is -0.121. The van der Waals surface area contributed by atoms with Crippen LogP contribution in [0.2, 0.25) is 0 Å². The minimum absolute atomic E-state index is 0.0918. The topological polar surface area (TPSA) is 79.8 Å². The van der Waals surface area contributed by atoms with Gasteiger partial charge in [-0.15, -0.1) is 0 Å². The molecule has 0 fully saturated rings. The van der Waals surface area contributed by atoms with Gasteiger partial charge in [0.05, 0.1) is 6.33 Å². The van der Waals surface area contributed by atoms with E-state index in [2.05, 4.69) is 15.3 Å². The SMILES string of the molecule is CCCNC(=O)Cn1cnc2c([nH]c3ccc(F)cc32)c1=O. The molecular weight excluding hydrogens is 287 g/mol. The van der Waals surface area contributed by atoms with Crippen LogP contribution in [0.1, 0.15) is 13.3 Å². The van der Waals surface area contributed by atoms with Gasteiger partial charge in [0.25, 0.3) is 5.56 Å². The molecule has 2 aromatic heterocycles. The summed E-state index contributed by atoms with van der Waals surface area (Å²) in [6.07, 6.45) is 2.14. The standard InChI is InChI=1S/C15H15FN4O2/c1-2-5-17-12(21)7-20-8-18-13-10-6-9(16)3-4-11(10)19-14(13)15(20)22/h3-4,6,8,19H,2,5,7H2,1H3,(H,17,21). The smallest absolute Gasteiger partial charge is 0.278 e. The number of hydrogen-bond acceptors (Lipinski definition) is 3. The van der Waals surface area contributed by atoms with Crippen molar-refractivity contribution in [3.8, 4) is 0 Å². The van der Waals surface area contributed by atoms with E-state index >= 15 is 0 Å². The average molecular weight is 302 g/mol. The first-order valence-corrected chi connectivity index (χ1v) is 7.03. The van der Waals surface area contributed by atoms with Crippen molar-refractivity contribution in [3.63, 3.8) is 0 Å². The maximum Gasteiger partial charge on any atom is 0.278 e. The molecule has 1 amide bonds. The van der Waals surface area contributed by atoms with Crippen molar-refractivity contribution in [2.75, 3.05) is 6.54 Å². The lowest BCUT2D eigenvalue weighted by Crippen LogP contribution is -2.32. The maximum absolute atomic E-state index is 13.3. The molecule has 2 heterocycles. The average Bonchev–Trinajstić information content (AvgIpc) is 2.87. The highest BCUT2D eigenvalue weighted by Gasteiger charge is 2.12. The van der Waals surface area contributed by atoms with E-state index in [4.69, 9.17) is 0 Å². The molecule has 0 saturated carbocycles. The third-order valence-corrected chi connectivity index (χ3v) is 3.42. The summed E-state index contributed by atoms with van der Waals surface area (Å²) in [4.78, 5) is 31.3. The predicted molar refractivity (Wildman–Crippen MR) is 81.1 cm³/mol. The molecule has 1 aromatic carbocycles. The number of rotatable bonds is 4. The van der Waals surface area contributed by atoms with E-state index in [9.17, 15) is 14.0 Å². The number of aromatic amines is 1. The number of fused-ring (bicyclic) bond motifs is 3. The first-order valence-electron chi connectivity index (χ1n) is 7.03. The van der Waals surface area contributed by atoms with Gasteiger partial charge in [0.2, 0.25) is 5.91 Å². The molecule has 3 aromatic rings. The molecule has 0 bridgehead atoms. The molecule has 0 spiro atoms. The van der Waals surface area contributed by atoms with Crippen molar-refractivity contribution in [2.45, 2.75) is 19.9 Å². The molecule has 0 radical (unpaired) electrons. The van der Waals surface area contributed by atoms with E-state index in [0.717, 1.165) is 6.42 Å². The summed E-state index contributed by atoms with van der Waals surface area (Å²) in [5.41, 5.74) is 0.957. The lowest BCUT2D eigenvalue weighted by Gasteiger charge is -2.05. The van der Waals surface area contributed by atoms with E-state index < -0.39 is 5.82 Å². The van der Waals surface area contributed by atoms with Crippen LogP contribution in [-0.4, -0.2) is 27.0 Å². The first-order chi connectivity index (χ1) is 10.6. The van der Waals surface area contributed by atoms with E-state index in [0.29, 0.717) is 23.0 Å². The number of H-pyrrole nitrogens is 1. The third-order valence-electron chi connectivity index (χ3n) is 3.42. The highest BCUT2D eigenvalue weighted by molar-refractivity contribution is 6.04. The van der Waals surface area contributed by atoms with Gasteiger partial charge in [0.1, 0.15) is 23.4 Å². The van der Waals surface area contributed by atoms with Gasteiger partial charge in [-0.3, -0.25) is 14.2 Å². The Kier molecular flexibility index (Phi) is 3.62. The van der Waals surface area contributed by atoms with E-state index in [1.807, 2.05) is 6.92 Å². The van der Waals surface area contributed by atoms with Crippen molar-refractivity contribution in [1.82, 2.24) is 19.9 Å². The van der Waals surface area contributed by atoms with Crippen molar-refractivity contribution in [3.05, 3.63) is 40.7 Å². The molecule has 0 aliphatic carbocycles. The highest BCUT2D eigenvalue weighted by Crippen LogP contribution is 2.21. The largest absolute Gasteiger partial charge is 0.355 e. The van der Waals surface area contributed by atoms with Gasteiger partial charge in [0.15, 0.2) is 0 Å². The van der Waals surface area contributed by atoms with Gasteiger partial charge >= 0.3 is 0 Å². The van der Waals surface area contributed by atoms with Crippen LogP contribution in [0.25, 0.3) is 21.9 Å². The Balaban J connectivity index is 2.04. The third kappa shape index (κ3) is 2.45. The van der Waals surface area contributed by atoms with Crippen molar-refractivity contribution < 1.29 is 9.18 Å². The summed E-state index contributed by atoms with van der Waals surface area (Å²) >= 11 is 0. The predicted octanol–water partition coefficient (Wildman–Crippen LogP) is 1.54. The van der Waals surface area contributed by atoms with Crippen LogP contribution in [0.5, 0.6) is 0 Å². The van der Waals surface area contributed by atoms with Gasteiger partial charge in [-0.25, -0.2) is 9.37 Å². The number of hydrogen-bond donors (Lipinski definition) is 2. The van der Waals surface area contributed by atoms with Crippen LogP contribution in [0.15, 0.2) is 29.3 Å². The molecule has 7 heteroatoms. The number of amides is 1. The fourth-order valence-corrected chi connectivity index (χ4v) is 2.35. The quantitative estimate of drug-likeness (QED) is 0.767. The first kappa shape index (κ1) is 14.2.